The van der Waals surface area contributed by atoms with Crippen LogP contribution in [-0.2, 0) is 11.2 Å². The fourth-order valence-electron chi connectivity index (χ4n) is 2.91. The van der Waals surface area contributed by atoms with Gasteiger partial charge in [-0.15, -0.1) is 0 Å². The summed E-state index contributed by atoms with van der Waals surface area (Å²) in [5.74, 6) is 0.0407. The molecule has 0 heterocycles. The lowest BCUT2D eigenvalue weighted by Gasteiger charge is -2.25. The van der Waals surface area contributed by atoms with Gasteiger partial charge in [0.15, 0.2) is 0 Å². The van der Waals surface area contributed by atoms with Crippen molar-refractivity contribution in [2.75, 3.05) is 0 Å². The van der Waals surface area contributed by atoms with Crippen LogP contribution in [0.4, 0.5) is 4.39 Å². The van der Waals surface area contributed by atoms with Crippen molar-refractivity contribution < 1.29 is 9.18 Å². The smallest absolute Gasteiger partial charge is 0.143 e. The molecule has 2 rings (SSSR count). The van der Waals surface area contributed by atoms with E-state index in [4.69, 9.17) is 0 Å². The number of rotatable bonds is 4. The van der Waals surface area contributed by atoms with Gasteiger partial charge in [-0.1, -0.05) is 41.8 Å². The van der Waals surface area contributed by atoms with Gasteiger partial charge in [0.05, 0.1) is 0 Å². The Morgan fingerprint density at radius 3 is 2.61 bits per heavy atom. The van der Waals surface area contributed by atoms with E-state index >= 15 is 0 Å². The van der Waals surface area contributed by atoms with E-state index in [2.05, 4.69) is 22.9 Å². The highest BCUT2D eigenvalue weighted by molar-refractivity contribution is 9.10. The molecule has 1 aliphatic carbocycles. The second-order valence-corrected chi connectivity index (χ2v) is 6.03. The maximum atomic E-state index is 13.0. The zero-order chi connectivity index (χ0) is 13.2. The molecular weight excluding hydrogens is 295 g/mol. The SMILES string of the molecule is CCC1(C(=O)Cc2ccc(F)cc2Br)CCCC1. The van der Waals surface area contributed by atoms with Gasteiger partial charge in [0, 0.05) is 16.3 Å². The maximum Gasteiger partial charge on any atom is 0.143 e. The molecule has 18 heavy (non-hydrogen) atoms. The van der Waals surface area contributed by atoms with Crippen LogP contribution in [0.2, 0.25) is 0 Å². The van der Waals surface area contributed by atoms with Gasteiger partial charge in [-0.05, 0) is 37.0 Å². The number of hydrogen-bond donors (Lipinski definition) is 0. The van der Waals surface area contributed by atoms with Crippen molar-refractivity contribution in [2.24, 2.45) is 5.41 Å². The van der Waals surface area contributed by atoms with Crippen molar-refractivity contribution in [1.29, 1.82) is 0 Å². The lowest BCUT2D eigenvalue weighted by Crippen LogP contribution is -2.28. The summed E-state index contributed by atoms with van der Waals surface area (Å²) in [6.45, 7) is 2.10. The van der Waals surface area contributed by atoms with Gasteiger partial charge in [0.1, 0.15) is 11.6 Å². The van der Waals surface area contributed by atoms with Crippen LogP contribution in [0.15, 0.2) is 22.7 Å². The summed E-state index contributed by atoms with van der Waals surface area (Å²) in [5.41, 5.74) is 0.773. The first-order valence-electron chi connectivity index (χ1n) is 6.54. The lowest BCUT2D eigenvalue weighted by molar-refractivity contribution is -0.128. The molecule has 0 radical (unpaired) electrons. The number of ketones is 1. The standard InChI is InChI=1S/C15H18BrFO/c1-2-15(7-3-4-8-15)14(18)9-11-5-6-12(17)10-13(11)16/h5-6,10H,2-4,7-9H2,1H3. The van der Waals surface area contributed by atoms with Gasteiger partial charge >= 0.3 is 0 Å². The Bertz CT molecular complexity index is 450. The van der Waals surface area contributed by atoms with Crippen LogP contribution in [0.5, 0.6) is 0 Å². The third-order valence-electron chi connectivity index (χ3n) is 4.20. The predicted octanol–water partition coefficient (Wildman–Crippen LogP) is 4.67. The topological polar surface area (TPSA) is 17.1 Å². The first-order chi connectivity index (χ1) is 8.57. The van der Waals surface area contributed by atoms with Crippen molar-refractivity contribution in [1.82, 2.24) is 0 Å². The number of carbonyl (C=O) groups is 1. The summed E-state index contributed by atoms with van der Waals surface area (Å²) in [5, 5.41) is 0. The normalized spacial score (nSPS) is 17.9. The van der Waals surface area contributed by atoms with Crippen LogP contribution >= 0.6 is 15.9 Å². The summed E-state index contributed by atoms with van der Waals surface area (Å²) in [6.07, 6.45) is 5.68. The molecular formula is C15H18BrFO. The molecule has 0 atom stereocenters. The van der Waals surface area contributed by atoms with E-state index in [1.165, 1.54) is 12.1 Å². The van der Waals surface area contributed by atoms with Crippen LogP contribution in [0.1, 0.15) is 44.6 Å². The molecule has 0 amide bonds. The summed E-state index contributed by atoms with van der Waals surface area (Å²) < 4.78 is 13.7. The summed E-state index contributed by atoms with van der Waals surface area (Å²) in [6, 6.07) is 4.55. The molecule has 0 unspecified atom stereocenters. The fraction of sp³-hybridized carbons (Fsp3) is 0.533. The number of carbonyl (C=O) groups excluding carboxylic acids is 1. The zero-order valence-corrected chi connectivity index (χ0v) is 12.2. The van der Waals surface area contributed by atoms with E-state index < -0.39 is 0 Å². The molecule has 1 aromatic rings. The molecule has 0 aliphatic heterocycles. The number of Topliss-reactive ketones (excluding diaryl/α,β-unsaturated/α-hetero) is 1. The fourth-order valence-corrected chi connectivity index (χ4v) is 3.40. The highest BCUT2D eigenvalue weighted by Crippen LogP contribution is 2.42. The lowest BCUT2D eigenvalue weighted by atomic mass is 9.77. The van der Waals surface area contributed by atoms with Crippen LogP contribution < -0.4 is 0 Å². The summed E-state index contributed by atoms with van der Waals surface area (Å²) >= 11 is 3.33. The van der Waals surface area contributed by atoms with Crippen molar-refractivity contribution in [2.45, 2.75) is 45.4 Å². The minimum absolute atomic E-state index is 0.117. The molecule has 1 saturated carbocycles. The molecule has 0 spiro atoms. The van der Waals surface area contributed by atoms with E-state index in [9.17, 15) is 9.18 Å². The Balaban J connectivity index is 2.15. The zero-order valence-electron chi connectivity index (χ0n) is 10.6. The second-order valence-electron chi connectivity index (χ2n) is 5.18. The molecule has 3 heteroatoms. The monoisotopic (exact) mass is 312 g/mol. The van der Waals surface area contributed by atoms with Crippen molar-refractivity contribution in [3.05, 3.63) is 34.1 Å². The Morgan fingerprint density at radius 2 is 2.06 bits per heavy atom. The van der Waals surface area contributed by atoms with Crippen LogP contribution in [-0.4, -0.2) is 5.78 Å². The highest BCUT2D eigenvalue weighted by Gasteiger charge is 2.38. The first-order valence-corrected chi connectivity index (χ1v) is 7.34. The number of halogens is 2. The van der Waals surface area contributed by atoms with Crippen LogP contribution in [0.3, 0.4) is 0 Å². The van der Waals surface area contributed by atoms with Gasteiger partial charge in [-0.25, -0.2) is 4.39 Å². The molecule has 1 aliphatic rings. The second kappa shape index (κ2) is 5.52. The summed E-state index contributed by atoms with van der Waals surface area (Å²) in [4.78, 5) is 12.5. The maximum absolute atomic E-state index is 13.0. The molecule has 1 fully saturated rings. The molecule has 98 valence electrons. The molecule has 0 saturated heterocycles. The van der Waals surface area contributed by atoms with Gasteiger partial charge in [-0.3, -0.25) is 4.79 Å². The molecule has 0 aromatic heterocycles. The van der Waals surface area contributed by atoms with Crippen molar-refractivity contribution in [3.8, 4) is 0 Å². The van der Waals surface area contributed by atoms with Gasteiger partial charge < -0.3 is 0 Å². The Hall–Kier alpha value is -0.700. The average molecular weight is 313 g/mol. The Kier molecular flexibility index (Phi) is 4.21. The molecule has 0 N–H and O–H groups in total. The number of benzene rings is 1. The summed E-state index contributed by atoms with van der Waals surface area (Å²) in [7, 11) is 0. The molecule has 0 bridgehead atoms. The van der Waals surface area contributed by atoms with E-state index in [-0.39, 0.29) is 11.2 Å². The van der Waals surface area contributed by atoms with Crippen molar-refractivity contribution >= 4 is 21.7 Å². The Morgan fingerprint density at radius 1 is 1.39 bits per heavy atom. The third kappa shape index (κ3) is 2.66. The quantitative estimate of drug-likeness (QED) is 0.789. The highest BCUT2D eigenvalue weighted by atomic mass is 79.9. The van der Waals surface area contributed by atoms with E-state index in [1.807, 2.05) is 0 Å². The largest absolute Gasteiger partial charge is 0.299 e. The third-order valence-corrected chi connectivity index (χ3v) is 4.93. The minimum atomic E-state index is -0.274. The van der Waals surface area contributed by atoms with Crippen LogP contribution in [0.25, 0.3) is 0 Å². The van der Waals surface area contributed by atoms with E-state index in [0.717, 1.165) is 37.7 Å². The van der Waals surface area contributed by atoms with Crippen LogP contribution in [0, 0.1) is 11.2 Å². The molecule has 1 aromatic carbocycles. The predicted molar refractivity (Wildman–Crippen MR) is 74.0 cm³/mol. The van der Waals surface area contributed by atoms with Crippen molar-refractivity contribution in [3.63, 3.8) is 0 Å². The minimum Gasteiger partial charge on any atom is -0.299 e. The van der Waals surface area contributed by atoms with E-state index in [1.54, 1.807) is 6.07 Å². The Labute approximate surface area is 116 Å². The van der Waals surface area contributed by atoms with E-state index in [0.29, 0.717) is 16.7 Å². The molecule has 1 nitrogen and oxygen atoms in total. The van der Waals surface area contributed by atoms with Gasteiger partial charge in [-0.2, -0.15) is 0 Å². The van der Waals surface area contributed by atoms with Gasteiger partial charge in [0.2, 0.25) is 0 Å². The first kappa shape index (κ1) is 13.7. The average Bonchev–Trinajstić information content (AvgIpc) is 2.82. The van der Waals surface area contributed by atoms with Gasteiger partial charge in [0.25, 0.3) is 0 Å². The number of hydrogen-bond acceptors (Lipinski definition) is 1.